The van der Waals surface area contributed by atoms with Crippen LogP contribution in [0, 0.1) is 6.92 Å². The molecule has 0 aromatic carbocycles. The van der Waals surface area contributed by atoms with E-state index in [4.69, 9.17) is 13.6 Å². The molecule has 0 saturated carbocycles. The van der Waals surface area contributed by atoms with Crippen LogP contribution in [-0.2, 0) is 20.2 Å². The van der Waals surface area contributed by atoms with Gasteiger partial charge in [-0.25, -0.2) is 4.57 Å². The lowest BCUT2D eigenvalue weighted by Gasteiger charge is -2.15. The average Bonchev–Trinajstić information content (AvgIpc) is 2.58. The highest BCUT2D eigenvalue weighted by Crippen LogP contribution is 2.60. The van der Waals surface area contributed by atoms with Gasteiger partial charge in [0, 0.05) is 11.8 Å². The van der Waals surface area contributed by atoms with Gasteiger partial charge < -0.3 is 13.6 Å². The summed E-state index contributed by atoms with van der Waals surface area (Å²) in [5, 5.41) is 0. The van der Waals surface area contributed by atoms with E-state index in [-0.39, 0.29) is 5.56 Å². The van der Waals surface area contributed by atoms with E-state index in [0.29, 0.717) is 31.3 Å². The van der Waals surface area contributed by atoms with Crippen LogP contribution in [0.25, 0.3) is 0 Å². The van der Waals surface area contributed by atoms with E-state index >= 15 is 0 Å². The average molecular weight is 295 g/mol. The van der Waals surface area contributed by atoms with E-state index in [0.717, 1.165) is 11.4 Å². The highest BCUT2D eigenvalue weighted by atomic mass is 32.7. The summed E-state index contributed by atoms with van der Waals surface area (Å²) in [4.78, 5) is 11.4. The Hall–Kier alpha value is -0.490. The zero-order valence-electron chi connectivity index (χ0n) is 10.7. The Bertz CT molecular complexity index is 459. The predicted molar refractivity (Wildman–Crippen MR) is 71.0 cm³/mol. The standard InChI is InChI=1S/C10H18NO5PS/c1-4-14-17(13,15-5-2)18-7-6-11-10(12)8-9(3)16-11/h8H,4-7H2,1-3H3. The maximum atomic E-state index is 12.1. The van der Waals surface area contributed by atoms with Crippen LogP contribution in [0.15, 0.2) is 15.4 Å². The molecule has 0 aliphatic carbocycles. The maximum Gasteiger partial charge on any atom is 0.389 e. The minimum atomic E-state index is -3.10. The molecule has 0 spiro atoms. The number of aryl methyl sites for hydroxylation is 2. The molecular weight excluding hydrogens is 277 g/mol. The zero-order chi connectivity index (χ0) is 13.6. The fourth-order valence-corrected chi connectivity index (χ4v) is 4.63. The van der Waals surface area contributed by atoms with Gasteiger partial charge in [0.15, 0.2) is 0 Å². The Labute approximate surface area is 110 Å². The lowest BCUT2D eigenvalue weighted by molar-refractivity contribution is 0.236. The van der Waals surface area contributed by atoms with Gasteiger partial charge in [-0.15, -0.1) is 0 Å². The third kappa shape index (κ3) is 4.65. The van der Waals surface area contributed by atoms with E-state index in [1.165, 1.54) is 10.8 Å². The van der Waals surface area contributed by atoms with Crippen LogP contribution < -0.4 is 5.56 Å². The van der Waals surface area contributed by atoms with E-state index < -0.39 is 6.80 Å². The van der Waals surface area contributed by atoms with Crippen LogP contribution in [0.4, 0.5) is 0 Å². The summed E-state index contributed by atoms with van der Waals surface area (Å²) in [6.07, 6.45) is 0. The van der Waals surface area contributed by atoms with Crippen molar-refractivity contribution in [1.29, 1.82) is 0 Å². The topological polar surface area (TPSA) is 70.7 Å². The smallest absolute Gasteiger partial charge is 0.381 e. The van der Waals surface area contributed by atoms with E-state index in [1.54, 1.807) is 20.8 Å². The van der Waals surface area contributed by atoms with Crippen molar-refractivity contribution >= 4 is 18.2 Å². The predicted octanol–water partition coefficient (Wildman–Crippen LogP) is 2.66. The molecular formula is C10H18NO5PS. The molecule has 0 bridgehead atoms. The van der Waals surface area contributed by atoms with Gasteiger partial charge in [-0.3, -0.25) is 4.79 Å². The number of aromatic nitrogens is 1. The van der Waals surface area contributed by atoms with Crippen LogP contribution in [-0.4, -0.2) is 23.7 Å². The minimum Gasteiger partial charge on any atom is -0.381 e. The second-order valence-corrected chi connectivity index (χ2v) is 7.60. The van der Waals surface area contributed by atoms with Crippen molar-refractivity contribution in [3.63, 3.8) is 0 Å². The van der Waals surface area contributed by atoms with Crippen molar-refractivity contribution in [2.75, 3.05) is 19.0 Å². The fraction of sp³-hybridized carbons (Fsp3) is 0.700. The monoisotopic (exact) mass is 295 g/mol. The first-order valence-corrected chi connectivity index (χ1v) is 8.85. The summed E-state index contributed by atoms with van der Waals surface area (Å²) in [7, 11) is 0. The maximum absolute atomic E-state index is 12.1. The van der Waals surface area contributed by atoms with E-state index in [9.17, 15) is 9.36 Å². The van der Waals surface area contributed by atoms with Gasteiger partial charge >= 0.3 is 6.80 Å². The molecule has 18 heavy (non-hydrogen) atoms. The SMILES string of the molecule is CCOP(=O)(OCC)SCCn1oc(C)cc1=O. The van der Waals surface area contributed by atoms with Gasteiger partial charge in [-0.1, -0.05) is 0 Å². The Morgan fingerprint density at radius 3 is 2.44 bits per heavy atom. The highest BCUT2D eigenvalue weighted by Gasteiger charge is 2.24. The molecule has 0 atom stereocenters. The van der Waals surface area contributed by atoms with Crippen molar-refractivity contribution in [3.8, 4) is 0 Å². The summed E-state index contributed by atoms with van der Waals surface area (Å²) < 4.78 is 28.7. The Balaban J connectivity index is 2.51. The van der Waals surface area contributed by atoms with Crippen LogP contribution in [0.2, 0.25) is 0 Å². The molecule has 1 rings (SSSR count). The van der Waals surface area contributed by atoms with Gasteiger partial charge in [-0.05, 0) is 32.2 Å². The third-order valence-electron chi connectivity index (χ3n) is 1.94. The first-order chi connectivity index (χ1) is 8.50. The van der Waals surface area contributed by atoms with Gasteiger partial charge in [0.05, 0.1) is 19.8 Å². The lowest BCUT2D eigenvalue weighted by Crippen LogP contribution is -2.14. The van der Waals surface area contributed by atoms with E-state index in [2.05, 4.69) is 0 Å². The fourth-order valence-electron chi connectivity index (χ4n) is 1.31. The van der Waals surface area contributed by atoms with Crippen molar-refractivity contribution in [1.82, 2.24) is 4.74 Å². The van der Waals surface area contributed by atoms with Crippen LogP contribution in [0.1, 0.15) is 19.6 Å². The van der Waals surface area contributed by atoms with Crippen LogP contribution in [0.3, 0.4) is 0 Å². The number of rotatable bonds is 8. The normalized spacial score (nSPS) is 11.9. The second-order valence-electron chi connectivity index (χ2n) is 3.40. The van der Waals surface area contributed by atoms with Gasteiger partial charge in [0.25, 0.3) is 5.56 Å². The lowest BCUT2D eigenvalue weighted by atomic mass is 10.5. The Morgan fingerprint density at radius 2 is 2.00 bits per heavy atom. The van der Waals surface area contributed by atoms with E-state index in [1.807, 2.05) is 0 Å². The van der Waals surface area contributed by atoms with Crippen LogP contribution >= 0.6 is 18.2 Å². The molecule has 104 valence electrons. The van der Waals surface area contributed by atoms with Gasteiger partial charge in [-0.2, -0.15) is 4.74 Å². The number of hydrogen-bond acceptors (Lipinski definition) is 6. The minimum absolute atomic E-state index is 0.198. The first-order valence-electron chi connectivity index (χ1n) is 5.72. The molecule has 1 heterocycles. The number of hydrogen-bond donors (Lipinski definition) is 0. The molecule has 0 amide bonds. The molecule has 0 radical (unpaired) electrons. The van der Waals surface area contributed by atoms with Crippen molar-refractivity contribution in [2.45, 2.75) is 27.3 Å². The molecule has 0 saturated heterocycles. The molecule has 0 aliphatic rings. The largest absolute Gasteiger partial charge is 0.389 e. The summed E-state index contributed by atoms with van der Waals surface area (Å²) in [5.74, 6) is 0.979. The number of nitrogens with zero attached hydrogens (tertiary/aromatic N) is 1. The summed E-state index contributed by atoms with van der Waals surface area (Å²) in [6, 6.07) is 1.41. The zero-order valence-corrected chi connectivity index (χ0v) is 12.5. The quantitative estimate of drug-likeness (QED) is 0.687. The molecule has 0 aliphatic heterocycles. The Morgan fingerprint density at radius 1 is 1.39 bits per heavy atom. The van der Waals surface area contributed by atoms with Gasteiger partial charge in [0.1, 0.15) is 5.76 Å². The molecule has 1 aromatic heterocycles. The molecule has 6 nitrogen and oxygen atoms in total. The first kappa shape index (κ1) is 15.6. The van der Waals surface area contributed by atoms with Gasteiger partial charge in [0.2, 0.25) is 0 Å². The summed E-state index contributed by atoms with van der Waals surface area (Å²) in [5.41, 5.74) is -0.198. The van der Waals surface area contributed by atoms with Crippen molar-refractivity contribution in [2.24, 2.45) is 0 Å². The third-order valence-corrected chi connectivity index (χ3v) is 5.90. The second kappa shape index (κ2) is 7.19. The molecule has 0 N–H and O–H groups in total. The summed E-state index contributed by atoms with van der Waals surface area (Å²) in [6.45, 7) is 3.09. The Kier molecular flexibility index (Phi) is 6.21. The molecule has 1 aromatic rings. The van der Waals surface area contributed by atoms with Crippen molar-refractivity contribution in [3.05, 3.63) is 22.2 Å². The van der Waals surface area contributed by atoms with Crippen LogP contribution in [0.5, 0.6) is 0 Å². The summed E-state index contributed by atoms with van der Waals surface area (Å²) >= 11 is 1.08. The highest BCUT2D eigenvalue weighted by molar-refractivity contribution is 8.55. The van der Waals surface area contributed by atoms with Crippen molar-refractivity contribution < 1.29 is 18.1 Å². The molecule has 8 heteroatoms. The molecule has 0 fully saturated rings. The molecule has 0 unspecified atom stereocenters.